The highest BCUT2D eigenvalue weighted by molar-refractivity contribution is 6.31. The van der Waals surface area contributed by atoms with Crippen molar-refractivity contribution in [2.75, 3.05) is 20.2 Å². The van der Waals surface area contributed by atoms with Gasteiger partial charge in [0.1, 0.15) is 0 Å². The Morgan fingerprint density at radius 3 is 2.63 bits per heavy atom. The minimum atomic E-state index is -0.297. The zero-order valence-electron chi connectivity index (χ0n) is 11.4. The van der Waals surface area contributed by atoms with Crippen LogP contribution < -0.4 is 0 Å². The molecule has 0 saturated carbocycles. The van der Waals surface area contributed by atoms with Crippen molar-refractivity contribution in [3.05, 3.63) is 34.3 Å². The summed E-state index contributed by atoms with van der Waals surface area (Å²) in [6, 6.07) is 5.12. The number of esters is 1. The molecular formula is C14H18ClNO3. The predicted molar refractivity (Wildman–Crippen MR) is 74.4 cm³/mol. The van der Waals surface area contributed by atoms with Crippen molar-refractivity contribution in [3.8, 4) is 0 Å². The van der Waals surface area contributed by atoms with Crippen molar-refractivity contribution in [2.45, 2.75) is 20.3 Å². The summed E-state index contributed by atoms with van der Waals surface area (Å²) in [6.45, 7) is 4.28. The molecule has 104 valence electrons. The zero-order valence-corrected chi connectivity index (χ0v) is 12.2. The van der Waals surface area contributed by atoms with Crippen LogP contribution >= 0.6 is 11.6 Å². The largest absolute Gasteiger partial charge is 0.466 e. The SMILES string of the molecule is CCOC(=O)CCN(C)C(=O)c1ccc(Cl)c(C)c1. The van der Waals surface area contributed by atoms with Crippen LogP contribution in [0.2, 0.25) is 5.02 Å². The fourth-order valence-electron chi connectivity index (χ4n) is 1.59. The lowest BCUT2D eigenvalue weighted by Gasteiger charge is -2.17. The Morgan fingerprint density at radius 2 is 2.05 bits per heavy atom. The third-order valence-electron chi connectivity index (χ3n) is 2.71. The van der Waals surface area contributed by atoms with Gasteiger partial charge in [-0.1, -0.05) is 11.6 Å². The molecule has 0 aliphatic carbocycles. The van der Waals surface area contributed by atoms with Gasteiger partial charge in [-0.25, -0.2) is 0 Å². The Hall–Kier alpha value is -1.55. The predicted octanol–water partition coefficient (Wildman–Crippen LogP) is 2.67. The highest BCUT2D eigenvalue weighted by Gasteiger charge is 2.14. The molecule has 0 aliphatic heterocycles. The van der Waals surface area contributed by atoms with Crippen LogP contribution in [0.3, 0.4) is 0 Å². The Balaban J connectivity index is 2.61. The van der Waals surface area contributed by atoms with Crippen molar-refractivity contribution in [1.82, 2.24) is 4.90 Å². The molecule has 1 aromatic rings. The van der Waals surface area contributed by atoms with Gasteiger partial charge in [-0.05, 0) is 37.6 Å². The molecule has 0 fully saturated rings. The van der Waals surface area contributed by atoms with Gasteiger partial charge in [0, 0.05) is 24.2 Å². The average Bonchev–Trinajstić information content (AvgIpc) is 2.38. The van der Waals surface area contributed by atoms with Gasteiger partial charge in [0.15, 0.2) is 0 Å². The fraction of sp³-hybridized carbons (Fsp3) is 0.429. The van der Waals surface area contributed by atoms with Crippen molar-refractivity contribution >= 4 is 23.5 Å². The number of ether oxygens (including phenoxy) is 1. The van der Waals surface area contributed by atoms with Crippen molar-refractivity contribution < 1.29 is 14.3 Å². The first-order valence-corrected chi connectivity index (χ1v) is 6.50. The molecule has 19 heavy (non-hydrogen) atoms. The molecule has 0 heterocycles. The number of carbonyl (C=O) groups is 2. The second-order valence-corrected chi connectivity index (χ2v) is 4.65. The third kappa shape index (κ3) is 4.56. The molecule has 0 aliphatic rings. The van der Waals surface area contributed by atoms with Crippen molar-refractivity contribution in [2.24, 2.45) is 0 Å². The first-order chi connectivity index (χ1) is 8.95. The monoisotopic (exact) mass is 283 g/mol. The standard InChI is InChI=1S/C14H18ClNO3/c1-4-19-13(17)7-8-16(3)14(18)11-5-6-12(15)10(2)9-11/h5-6,9H,4,7-8H2,1-3H3. The lowest BCUT2D eigenvalue weighted by molar-refractivity contribution is -0.143. The van der Waals surface area contributed by atoms with Gasteiger partial charge in [-0.15, -0.1) is 0 Å². The molecule has 0 radical (unpaired) electrons. The summed E-state index contributed by atoms with van der Waals surface area (Å²) in [5.41, 5.74) is 1.42. The summed E-state index contributed by atoms with van der Waals surface area (Å²) in [4.78, 5) is 24.8. The molecule has 1 aromatic carbocycles. The number of nitrogens with zero attached hydrogens (tertiary/aromatic N) is 1. The average molecular weight is 284 g/mol. The molecule has 0 aromatic heterocycles. The number of carbonyl (C=O) groups excluding carboxylic acids is 2. The van der Waals surface area contributed by atoms with Gasteiger partial charge in [-0.2, -0.15) is 0 Å². The summed E-state index contributed by atoms with van der Waals surface area (Å²) in [6.07, 6.45) is 0.197. The van der Waals surface area contributed by atoms with E-state index in [-0.39, 0.29) is 18.3 Å². The van der Waals surface area contributed by atoms with Gasteiger partial charge in [-0.3, -0.25) is 9.59 Å². The van der Waals surface area contributed by atoms with Crippen LogP contribution in [-0.2, 0) is 9.53 Å². The van der Waals surface area contributed by atoms with E-state index in [4.69, 9.17) is 16.3 Å². The molecule has 1 rings (SSSR count). The fourth-order valence-corrected chi connectivity index (χ4v) is 1.71. The van der Waals surface area contributed by atoms with E-state index in [9.17, 15) is 9.59 Å². The van der Waals surface area contributed by atoms with Crippen molar-refractivity contribution in [3.63, 3.8) is 0 Å². The maximum atomic E-state index is 12.1. The van der Waals surface area contributed by atoms with Crippen LogP contribution in [0.1, 0.15) is 29.3 Å². The lowest BCUT2D eigenvalue weighted by atomic mass is 10.1. The number of benzene rings is 1. The van der Waals surface area contributed by atoms with E-state index in [0.29, 0.717) is 23.7 Å². The van der Waals surface area contributed by atoms with Gasteiger partial charge < -0.3 is 9.64 Å². The molecule has 0 unspecified atom stereocenters. The summed E-state index contributed by atoms with van der Waals surface area (Å²) in [5.74, 6) is -0.432. The van der Waals surface area contributed by atoms with Gasteiger partial charge in [0.05, 0.1) is 13.0 Å². The zero-order chi connectivity index (χ0) is 14.4. The highest BCUT2D eigenvalue weighted by atomic mass is 35.5. The van der Waals surface area contributed by atoms with E-state index in [1.807, 2.05) is 6.92 Å². The molecule has 0 N–H and O–H groups in total. The summed E-state index contributed by atoms with van der Waals surface area (Å²) >= 11 is 5.92. The van der Waals surface area contributed by atoms with Crippen LogP contribution in [0.4, 0.5) is 0 Å². The van der Waals surface area contributed by atoms with Crippen LogP contribution in [0.15, 0.2) is 18.2 Å². The Kier molecular flexibility index (Phi) is 5.83. The summed E-state index contributed by atoms with van der Waals surface area (Å²) in [7, 11) is 1.66. The number of hydrogen-bond acceptors (Lipinski definition) is 3. The van der Waals surface area contributed by atoms with E-state index in [0.717, 1.165) is 5.56 Å². The first kappa shape index (κ1) is 15.5. The molecule has 0 saturated heterocycles. The molecule has 0 spiro atoms. The Morgan fingerprint density at radius 1 is 1.37 bits per heavy atom. The number of halogens is 1. The van der Waals surface area contributed by atoms with Crippen LogP contribution in [-0.4, -0.2) is 37.0 Å². The first-order valence-electron chi connectivity index (χ1n) is 6.13. The Labute approximate surface area is 118 Å². The molecule has 1 amide bonds. The van der Waals surface area contributed by atoms with Gasteiger partial charge >= 0.3 is 5.97 Å². The smallest absolute Gasteiger partial charge is 0.307 e. The van der Waals surface area contributed by atoms with Crippen LogP contribution in [0.25, 0.3) is 0 Å². The third-order valence-corrected chi connectivity index (χ3v) is 3.13. The molecule has 4 nitrogen and oxygen atoms in total. The summed E-state index contributed by atoms with van der Waals surface area (Å²) in [5, 5.41) is 0.630. The number of rotatable bonds is 5. The van der Waals surface area contributed by atoms with Gasteiger partial charge in [0.2, 0.25) is 0 Å². The molecule has 5 heteroatoms. The Bertz CT molecular complexity index is 474. The summed E-state index contributed by atoms with van der Waals surface area (Å²) < 4.78 is 4.82. The maximum Gasteiger partial charge on any atom is 0.307 e. The molecule has 0 bridgehead atoms. The van der Waals surface area contributed by atoms with Crippen LogP contribution in [0.5, 0.6) is 0 Å². The lowest BCUT2D eigenvalue weighted by Crippen LogP contribution is -2.29. The minimum absolute atomic E-state index is 0.135. The normalized spacial score (nSPS) is 10.1. The number of amides is 1. The van der Waals surface area contributed by atoms with Gasteiger partial charge in [0.25, 0.3) is 5.91 Å². The second-order valence-electron chi connectivity index (χ2n) is 4.25. The maximum absolute atomic E-state index is 12.1. The molecular weight excluding hydrogens is 266 g/mol. The topological polar surface area (TPSA) is 46.6 Å². The van der Waals surface area contributed by atoms with E-state index in [2.05, 4.69) is 0 Å². The van der Waals surface area contributed by atoms with E-state index < -0.39 is 0 Å². The highest BCUT2D eigenvalue weighted by Crippen LogP contribution is 2.17. The minimum Gasteiger partial charge on any atom is -0.466 e. The quantitative estimate of drug-likeness (QED) is 0.781. The van der Waals surface area contributed by atoms with Crippen molar-refractivity contribution in [1.29, 1.82) is 0 Å². The van der Waals surface area contributed by atoms with E-state index >= 15 is 0 Å². The molecule has 0 atom stereocenters. The number of aryl methyl sites for hydroxylation is 1. The second kappa shape index (κ2) is 7.14. The van der Waals surface area contributed by atoms with E-state index in [1.54, 1.807) is 32.2 Å². The van der Waals surface area contributed by atoms with Crippen LogP contribution in [0, 0.1) is 6.92 Å². The number of hydrogen-bond donors (Lipinski definition) is 0. The van der Waals surface area contributed by atoms with E-state index in [1.165, 1.54) is 4.90 Å².